The summed E-state index contributed by atoms with van der Waals surface area (Å²) in [6, 6.07) is 13.9. The summed E-state index contributed by atoms with van der Waals surface area (Å²) in [6.45, 7) is 7.28. The molecule has 0 aliphatic carbocycles. The Morgan fingerprint density at radius 2 is 1.48 bits per heavy atom. The number of aromatic nitrogens is 2. The van der Waals surface area contributed by atoms with Crippen LogP contribution in [0, 0.1) is 20.8 Å². The predicted molar refractivity (Wildman–Crippen MR) is 107 cm³/mol. The van der Waals surface area contributed by atoms with E-state index in [4.69, 9.17) is 9.47 Å². The fourth-order valence-corrected chi connectivity index (χ4v) is 2.91. The smallest absolute Gasteiger partial charge is 0.229 e. The second kappa shape index (κ2) is 7.15. The average Bonchev–Trinajstić information content (AvgIpc) is 2.64. The SMILES string of the molecule is Cc1cc(Nc2ccc(C)c(C)c2)nc(Nc2ccc3c(c2)OCCO3)n1. The van der Waals surface area contributed by atoms with E-state index in [0.717, 1.165) is 34.4 Å². The number of nitrogens with one attached hydrogen (secondary N) is 2. The summed E-state index contributed by atoms with van der Waals surface area (Å²) < 4.78 is 11.2. The molecule has 0 atom stereocenters. The third-order valence-corrected chi connectivity index (χ3v) is 4.43. The first-order chi connectivity index (χ1) is 13.1. The van der Waals surface area contributed by atoms with E-state index in [9.17, 15) is 0 Å². The zero-order valence-corrected chi connectivity index (χ0v) is 15.7. The highest BCUT2D eigenvalue weighted by atomic mass is 16.6. The van der Waals surface area contributed by atoms with Crippen LogP contribution in [0.2, 0.25) is 0 Å². The lowest BCUT2D eigenvalue weighted by atomic mass is 10.1. The maximum atomic E-state index is 5.63. The van der Waals surface area contributed by atoms with Crippen LogP contribution in [0.3, 0.4) is 0 Å². The largest absolute Gasteiger partial charge is 0.486 e. The molecule has 0 bridgehead atoms. The summed E-state index contributed by atoms with van der Waals surface area (Å²) in [7, 11) is 0. The molecular weight excluding hydrogens is 340 g/mol. The van der Waals surface area contributed by atoms with Crippen LogP contribution in [0.1, 0.15) is 16.8 Å². The number of benzene rings is 2. The van der Waals surface area contributed by atoms with E-state index in [1.807, 2.05) is 37.3 Å². The van der Waals surface area contributed by atoms with Crippen LogP contribution in [-0.4, -0.2) is 23.2 Å². The summed E-state index contributed by atoms with van der Waals surface area (Å²) >= 11 is 0. The van der Waals surface area contributed by atoms with Gasteiger partial charge >= 0.3 is 0 Å². The molecule has 0 saturated heterocycles. The van der Waals surface area contributed by atoms with Crippen LogP contribution in [0.25, 0.3) is 0 Å². The molecule has 0 radical (unpaired) electrons. The third kappa shape index (κ3) is 3.95. The van der Waals surface area contributed by atoms with Gasteiger partial charge < -0.3 is 20.1 Å². The van der Waals surface area contributed by atoms with E-state index in [1.165, 1.54) is 11.1 Å². The van der Waals surface area contributed by atoms with E-state index in [0.29, 0.717) is 19.2 Å². The summed E-state index contributed by atoms with van der Waals surface area (Å²) in [5.41, 5.74) is 5.22. The minimum atomic E-state index is 0.526. The van der Waals surface area contributed by atoms with E-state index in [1.54, 1.807) is 0 Å². The number of ether oxygens (including phenoxy) is 2. The lowest BCUT2D eigenvalue weighted by molar-refractivity contribution is 0.171. The summed E-state index contributed by atoms with van der Waals surface area (Å²) in [5, 5.41) is 6.60. The first-order valence-corrected chi connectivity index (χ1v) is 8.93. The standard InChI is InChI=1S/C21H22N4O2/c1-13-4-5-16(10-14(13)2)23-20-11-15(3)22-21(25-20)24-17-6-7-18-19(12-17)27-9-8-26-18/h4-7,10-12H,8-9H2,1-3H3,(H2,22,23,24,25). The summed E-state index contributed by atoms with van der Waals surface area (Å²) in [6.07, 6.45) is 0. The van der Waals surface area contributed by atoms with Gasteiger partial charge in [-0.2, -0.15) is 4.98 Å². The Morgan fingerprint density at radius 1 is 0.741 bits per heavy atom. The van der Waals surface area contributed by atoms with Crippen LogP contribution < -0.4 is 20.1 Å². The van der Waals surface area contributed by atoms with Gasteiger partial charge in [-0.25, -0.2) is 4.98 Å². The quantitative estimate of drug-likeness (QED) is 0.703. The molecule has 6 heteroatoms. The van der Waals surface area contributed by atoms with Crippen molar-refractivity contribution in [3.63, 3.8) is 0 Å². The zero-order chi connectivity index (χ0) is 18.8. The van der Waals surface area contributed by atoms with Gasteiger partial charge in [0.15, 0.2) is 11.5 Å². The van der Waals surface area contributed by atoms with Gasteiger partial charge in [0, 0.05) is 29.2 Å². The first-order valence-electron chi connectivity index (χ1n) is 8.93. The second-order valence-corrected chi connectivity index (χ2v) is 6.63. The van der Waals surface area contributed by atoms with Gasteiger partial charge in [-0.05, 0) is 56.2 Å². The Labute approximate surface area is 158 Å². The Bertz CT molecular complexity index is 988. The normalized spacial score (nSPS) is 12.6. The molecule has 3 aromatic rings. The molecule has 2 N–H and O–H groups in total. The summed E-state index contributed by atoms with van der Waals surface area (Å²) in [5.74, 6) is 2.75. The molecule has 0 saturated carbocycles. The fourth-order valence-electron chi connectivity index (χ4n) is 2.91. The number of anilines is 4. The Balaban J connectivity index is 1.56. The van der Waals surface area contributed by atoms with Crippen LogP contribution in [0.5, 0.6) is 11.5 Å². The van der Waals surface area contributed by atoms with Gasteiger partial charge in [-0.15, -0.1) is 0 Å². The van der Waals surface area contributed by atoms with Crippen molar-refractivity contribution in [1.29, 1.82) is 0 Å². The van der Waals surface area contributed by atoms with Crippen molar-refractivity contribution < 1.29 is 9.47 Å². The number of aryl methyl sites for hydroxylation is 3. The minimum absolute atomic E-state index is 0.526. The van der Waals surface area contributed by atoms with Crippen molar-refractivity contribution in [3.05, 3.63) is 59.3 Å². The van der Waals surface area contributed by atoms with Crippen molar-refractivity contribution >= 4 is 23.1 Å². The van der Waals surface area contributed by atoms with E-state index in [2.05, 4.69) is 46.6 Å². The molecule has 4 rings (SSSR count). The molecule has 0 fully saturated rings. The highest BCUT2D eigenvalue weighted by molar-refractivity contribution is 5.63. The molecule has 0 spiro atoms. The van der Waals surface area contributed by atoms with Gasteiger partial charge in [0.05, 0.1) is 0 Å². The molecule has 0 amide bonds. The Kier molecular flexibility index (Phi) is 4.54. The van der Waals surface area contributed by atoms with Gasteiger partial charge in [-0.1, -0.05) is 6.07 Å². The second-order valence-electron chi connectivity index (χ2n) is 6.63. The van der Waals surface area contributed by atoms with Gasteiger partial charge in [0.25, 0.3) is 0 Å². The van der Waals surface area contributed by atoms with Crippen LogP contribution >= 0.6 is 0 Å². The number of nitrogens with zero attached hydrogens (tertiary/aromatic N) is 2. The fraction of sp³-hybridized carbons (Fsp3) is 0.238. The Hall–Kier alpha value is -3.28. The Morgan fingerprint density at radius 3 is 2.30 bits per heavy atom. The first kappa shape index (κ1) is 17.1. The van der Waals surface area contributed by atoms with Crippen LogP contribution in [0.4, 0.5) is 23.1 Å². The third-order valence-electron chi connectivity index (χ3n) is 4.43. The zero-order valence-electron chi connectivity index (χ0n) is 15.7. The number of hydrogen-bond acceptors (Lipinski definition) is 6. The molecule has 27 heavy (non-hydrogen) atoms. The van der Waals surface area contributed by atoms with Crippen molar-refractivity contribution in [3.8, 4) is 11.5 Å². The van der Waals surface area contributed by atoms with Crippen molar-refractivity contribution in [2.24, 2.45) is 0 Å². The van der Waals surface area contributed by atoms with Crippen molar-refractivity contribution in [2.75, 3.05) is 23.8 Å². The lowest BCUT2D eigenvalue weighted by Crippen LogP contribution is -2.15. The topological polar surface area (TPSA) is 68.3 Å². The summed E-state index contributed by atoms with van der Waals surface area (Å²) in [4.78, 5) is 9.06. The number of hydrogen-bond donors (Lipinski definition) is 2. The van der Waals surface area contributed by atoms with E-state index in [-0.39, 0.29) is 0 Å². The molecule has 1 aliphatic heterocycles. The van der Waals surface area contributed by atoms with Crippen LogP contribution in [-0.2, 0) is 0 Å². The molecular formula is C21H22N4O2. The molecule has 138 valence electrons. The maximum Gasteiger partial charge on any atom is 0.229 e. The van der Waals surface area contributed by atoms with E-state index < -0.39 is 0 Å². The monoisotopic (exact) mass is 362 g/mol. The van der Waals surface area contributed by atoms with Gasteiger partial charge in [0.1, 0.15) is 19.0 Å². The highest BCUT2D eigenvalue weighted by Gasteiger charge is 2.12. The average molecular weight is 362 g/mol. The maximum absolute atomic E-state index is 5.63. The van der Waals surface area contributed by atoms with Crippen molar-refractivity contribution in [2.45, 2.75) is 20.8 Å². The molecule has 1 aliphatic rings. The molecule has 2 heterocycles. The predicted octanol–water partition coefficient (Wildman–Crippen LogP) is 4.66. The lowest BCUT2D eigenvalue weighted by Gasteiger charge is -2.19. The van der Waals surface area contributed by atoms with Gasteiger partial charge in [0.2, 0.25) is 5.95 Å². The molecule has 1 aromatic heterocycles. The highest BCUT2D eigenvalue weighted by Crippen LogP contribution is 2.33. The minimum Gasteiger partial charge on any atom is -0.486 e. The number of rotatable bonds is 4. The number of fused-ring (bicyclic) bond motifs is 1. The van der Waals surface area contributed by atoms with Crippen LogP contribution in [0.15, 0.2) is 42.5 Å². The molecule has 0 unspecified atom stereocenters. The van der Waals surface area contributed by atoms with Crippen molar-refractivity contribution in [1.82, 2.24) is 9.97 Å². The molecule has 2 aromatic carbocycles. The van der Waals surface area contributed by atoms with Gasteiger partial charge in [-0.3, -0.25) is 0 Å². The van der Waals surface area contributed by atoms with E-state index >= 15 is 0 Å². The molecule has 6 nitrogen and oxygen atoms in total.